The van der Waals surface area contributed by atoms with E-state index in [1.165, 1.54) is 0 Å². The van der Waals surface area contributed by atoms with Gasteiger partial charge in [0, 0.05) is 44.5 Å². The first-order valence-electron chi connectivity index (χ1n) is 7.97. The van der Waals surface area contributed by atoms with E-state index < -0.39 is 0 Å². The van der Waals surface area contributed by atoms with E-state index in [0.717, 1.165) is 35.3 Å². The number of carbonyl (C=O) groups excluding carboxylic acids is 1. The highest BCUT2D eigenvalue weighted by Gasteiger charge is 2.24. The van der Waals surface area contributed by atoms with Crippen LogP contribution in [-0.2, 0) is 0 Å². The van der Waals surface area contributed by atoms with Crippen LogP contribution in [0.1, 0.15) is 16.8 Å². The van der Waals surface area contributed by atoms with Crippen LogP contribution in [0.3, 0.4) is 0 Å². The van der Waals surface area contributed by atoms with E-state index in [1.54, 1.807) is 0 Å². The van der Waals surface area contributed by atoms with E-state index in [0.29, 0.717) is 6.54 Å². The highest BCUT2D eigenvalue weighted by Crippen LogP contribution is 2.24. The van der Waals surface area contributed by atoms with Crippen LogP contribution in [0.2, 0.25) is 0 Å². The van der Waals surface area contributed by atoms with Crippen molar-refractivity contribution in [3.8, 4) is 11.1 Å². The molecule has 1 aliphatic rings. The molecule has 0 bridgehead atoms. The summed E-state index contributed by atoms with van der Waals surface area (Å²) in [7, 11) is 4.06. The smallest absolute Gasteiger partial charge is 0.253 e. The minimum atomic E-state index is 0. The second-order valence-electron chi connectivity index (χ2n) is 6.32. The molecule has 0 aliphatic carbocycles. The first-order valence-corrected chi connectivity index (χ1v) is 7.97. The van der Waals surface area contributed by atoms with Gasteiger partial charge in [-0.15, -0.1) is 24.8 Å². The van der Waals surface area contributed by atoms with Gasteiger partial charge in [-0.2, -0.15) is 0 Å². The SMILES string of the molecule is CN(C)c1cccc(-c2ccc(C(=O)N3CCC(N)C3)cc2)c1.Cl.Cl. The predicted octanol–water partition coefficient (Wildman–Crippen LogP) is 3.44. The largest absolute Gasteiger partial charge is 0.378 e. The van der Waals surface area contributed by atoms with Crippen molar-refractivity contribution in [2.45, 2.75) is 12.5 Å². The van der Waals surface area contributed by atoms with Crippen molar-refractivity contribution in [3.05, 3.63) is 54.1 Å². The van der Waals surface area contributed by atoms with Gasteiger partial charge in [0.25, 0.3) is 5.91 Å². The second-order valence-corrected chi connectivity index (χ2v) is 6.32. The van der Waals surface area contributed by atoms with Crippen molar-refractivity contribution < 1.29 is 4.79 Å². The van der Waals surface area contributed by atoms with Gasteiger partial charge in [-0.05, 0) is 41.8 Å². The number of carbonyl (C=O) groups is 1. The summed E-state index contributed by atoms with van der Waals surface area (Å²) in [5.41, 5.74) is 10.0. The van der Waals surface area contributed by atoms with Crippen molar-refractivity contribution in [1.82, 2.24) is 4.90 Å². The molecule has 0 saturated carbocycles. The minimum absolute atomic E-state index is 0. The predicted molar refractivity (Wildman–Crippen MR) is 109 cm³/mol. The molecule has 0 radical (unpaired) electrons. The number of nitrogens with zero attached hydrogens (tertiary/aromatic N) is 2. The van der Waals surface area contributed by atoms with Crippen LogP contribution in [0.15, 0.2) is 48.5 Å². The molecule has 2 aromatic rings. The van der Waals surface area contributed by atoms with Crippen molar-refractivity contribution in [3.63, 3.8) is 0 Å². The highest BCUT2D eigenvalue weighted by atomic mass is 35.5. The van der Waals surface area contributed by atoms with E-state index in [2.05, 4.69) is 29.2 Å². The van der Waals surface area contributed by atoms with Gasteiger partial charge in [0.15, 0.2) is 0 Å². The average molecular weight is 382 g/mol. The molecule has 0 aromatic heterocycles. The number of halogens is 2. The third-order valence-electron chi connectivity index (χ3n) is 4.34. The lowest BCUT2D eigenvalue weighted by molar-refractivity contribution is 0.0791. The van der Waals surface area contributed by atoms with Crippen molar-refractivity contribution in [2.75, 3.05) is 32.1 Å². The lowest BCUT2D eigenvalue weighted by Gasteiger charge is -2.16. The molecule has 1 fully saturated rings. The number of amides is 1. The maximum Gasteiger partial charge on any atom is 0.253 e. The van der Waals surface area contributed by atoms with Gasteiger partial charge in [0.1, 0.15) is 0 Å². The molecule has 1 atom stereocenters. The van der Waals surface area contributed by atoms with Crippen LogP contribution in [0.4, 0.5) is 5.69 Å². The molecule has 4 nitrogen and oxygen atoms in total. The van der Waals surface area contributed by atoms with Crippen molar-refractivity contribution in [1.29, 1.82) is 0 Å². The molecular formula is C19H25Cl2N3O. The second kappa shape index (κ2) is 9.09. The standard InChI is InChI=1S/C19H23N3O.2ClH/c1-21(2)18-5-3-4-16(12-18)14-6-8-15(9-7-14)19(23)22-11-10-17(20)13-22;;/h3-9,12,17H,10-11,13,20H2,1-2H3;2*1H. The lowest BCUT2D eigenvalue weighted by atomic mass is 10.0. The van der Waals surface area contributed by atoms with Gasteiger partial charge >= 0.3 is 0 Å². The Labute approximate surface area is 161 Å². The summed E-state index contributed by atoms with van der Waals surface area (Å²) in [4.78, 5) is 16.4. The monoisotopic (exact) mass is 381 g/mol. The Kier molecular flexibility index (Phi) is 7.74. The molecule has 6 heteroatoms. The molecule has 1 unspecified atom stereocenters. The molecule has 136 valence electrons. The molecule has 25 heavy (non-hydrogen) atoms. The molecular weight excluding hydrogens is 357 g/mol. The van der Waals surface area contributed by atoms with Gasteiger partial charge in [-0.1, -0.05) is 24.3 Å². The first-order chi connectivity index (χ1) is 11.0. The Hall–Kier alpha value is -1.75. The van der Waals surface area contributed by atoms with E-state index in [1.807, 2.05) is 43.3 Å². The van der Waals surface area contributed by atoms with Crippen LogP contribution >= 0.6 is 24.8 Å². The fourth-order valence-electron chi connectivity index (χ4n) is 2.92. The van der Waals surface area contributed by atoms with Crippen molar-refractivity contribution >= 4 is 36.4 Å². The zero-order valence-electron chi connectivity index (χ0n) is 14.5. The number of benzene rings is 2. The summed E-state index contributed by atoms with van der Waals surface area (Å²) in [5.74, 6) is 0.0755. The summed E-state index contributed by atoms with van der Waals surface area (Å²) < 4.78 is 0. The maximum absolute atomic E-state index is 12.4. The Balaban J connectivity index is 0.00000156. The quantitative estimate of drug-likeness (QED) is 0.885. The van der Waals surface area contributed by atoms with Gasteiger partial charge in [0.05, 0.1) is 0 Å². The summed E-state index contributed by atoms with van der Waals surface area (Å²) >= 11 is 0. The van der Waals surface area contributed by atoms with E-state index in [9.17, 15) is 4.79 Å². The topological polar surface area (TPSA) is 49.6 Å². The van der Waals surface area contributed by atoms with Crippen LogP contribution < -0.4 is 10.6 Å². The fourth-order valence-corrected chi connectivity index (χ4v) is 2.92. The summed E-state index contributed by atoms with van der Waals surface area (Å²) in [5, 5.41) is 0. The van der Waals surface area contributed by atoms with Crippen LogP contribution in [-0.4, -0.2) is 44.0 Å². The number of nitrogens with two attached hydrogens (primary N) is 1. The molecule has 2 aromatic carbocycles. The number of rotatable bonds is 3. The highest BCUT2D eigenvalue weighted by molar-refractivity contribution is 5.95. The van der Waals surface area contributed by atoms with Gasteiger partial charge in [0.2, 0.25) is 0 Å². The van der Waals surface area contributed by atoms with Crippen LogP contribution in [0.5, 0.6) is 0 Å². The summed E-state index contributed by atoms with van der Waals surface area (Å²) in [6.45, 7) is 1.41. The van der Waals surface area contributed by atoms with E-state index in [-0.39, 0.29) is 36.8 Å². The number of hydrogen-bond donors (Lipinski definition) is 1. The minimum Gasteiger partial charge on any atom is -0.378 e. The van der Waals surface area contributed by atoms with Gasteiger partial charge in [-0.3, -0.25) is 4.79 Å². The van der Waals surface area contributed by atoms with Gasteiger partial charge < -0.3 is 15.5 Å². The van der Waals surface area contributed by atoms with Crippen molar-refractivity contribution in [2.24, 2.45) is 5.73 Å². The Bertz CT molecular complexity index is 704. The molecule has 3 rings (SSSR count). The molecule has 0 spiro atoms. The fraction of sp³-hybridized carbons (Fsp3) is 0.316. The molecule has 1 amide bonds. The average Bonchev–Trinajstić information content (AvgIpc) is 3.01. The first kappa shape index (κ1) is 21.3. The molecule has 2 N–H and O–H groups in total. The van der Waals surface area contributed by atoms with Crippen LogP contribution in [0.25, 0.3) is 11.1 Å². The molecule has 1 aliphatic heterocycles. The third kappa shape index (κ3) is 4.88. The Morgan fingerprint density at radius 3 is 2.32 bits per heavy atom. The summed E-state index contributed by atoms with van der Waals surface area (Å²) in [6.07, 6.45) is 0.890. The number of likely N-dealkylation sites (tertiary alicyclic amines) is 1. The number of anilines is 1. The zero-order valence-corrected chi connectivity index (χ0v) is 16.1. The molecule has 1 saturated heterocycles. The van der Waals surface area contributed by atoms with E-state index in [4.69, 9.17) is 5.73 Å². The Morgan fingerprint density at radius 1 is 1.08 bits per heavy atom. The molecule has 1 heterocycles. The zero-order chi connectivity index (χ0) is 16.4. The normalized spacial score (nSPS) is 16.0. The van der Waals surface area contributed by atoms with Crippen LogP contribution in [0, 0.1) is 0 Å². The summed E-state index contributed by atoms with van der Waals surface area (Å²) in [6, 6.07) is 16.3. The Morgan fingerprint density at radius 2 is 1.76 bits per heavy atom. The van der Waals surface area contributed by atoms with E-state index >= 15 is 0 Å². The third-order valence-corrected chi connectivity index (χ3v) is 4.34. The number of hydrogen-bond acceptors (Lipinski definition) is 3. The lowest BCUT2D eigenvalue weighted by Crippen LogP contribution is -2.31. The van der Waals surface area contributed by atoms with Gasteiger partial charge in [-0.25, -0.2) is 0 Å². The maximum atomic E-state index is 12.4.